The van der Waals surface area contributed by atoms with Crippen molar-refractivity contribution in [2.75, 3.05) is 30.0 Å². The number of ether oxygens (including phenoxy) is 1. The quantitative estimate of drug-likeness (QED) is 0.404. The Kier molecular flexibility index (Phi) is 5.92. The van der Waals surface area contributed by atoms with E-state index in [1.807, 2.05) is 65.6 Å². The van der Waals surface area contributed by atoms with Crippen molar-refractivity contribution in [3.05, 3.63) is 84.3 Å². The van der Waals surface area contributed by atoms with Crippen LogP contribution in [0.3, 0.4) is 0 Å². The molecule has 0 N–H and O–H groups in total. The van der Waals surface area contributed by atoms with Crippen LogP contribution in [0.4, 0.5) is 11.4 Å². The number of rotatable bonds is 5. The maximum atomic E-state index is 14.0. The molecule has 6 rings (SSSR count). The zero-order valence-corrected chi connectivity index (χ0v) is 20.6. The predicted octanol–water partition coefficient (Wildman–Crippen LogP) is 4.66. The van der Waals surface area contributed by atoms with E-state index in [2.05, 4.69) is 4.98 Å². The number of carbonyl (C=O) groups is 2. The number of aromatic nitrogens is 3. The van der Waals surface area contributed by atoms with Gasteiger partial charge in [0.15, 0.2) is 0 Å². The molecule has 2 aromatic carbocycles. The molecule has 0 spiro atoms. The van der Waals surface area contributed by atoms with Crippen molar-refractivity contribution in [1.82, 2.24) is 14.8 Å². The molecular weight excluding hydrogens is 466 g/mol. The van der Waals surface area contributed by atoms with Gasteiger partial charge in [0.2, 0.25) is 5.91 Å². The molecule has 0 unspecified atom stereocenters. The largest absolute Gasteiger partial charge is 0.497 e. The summed E-state index contributed by atoms with van der Waals surface area (Å²) < 4.78 is 7.04. The second-order valence-electron chi connectivity index (χ2n) is 9.25. The van der Waals surface area contributed by atoms with Gasteiger partial charge in [-0.05, 0) is 79.9 Å². The molecule has 0 saturated carbocycles. The third kappa shape index (κ3) is 4.14. The first-order valence-corrected chi connectivity index (χ1v) is 12.5. The van der Waals surface area contributed by atoms with Crippen molar-refractivity contribution < 1.29 is 14.3 Å². The molecule has 0 aliphatic carbocycles. The molecule has 4 aromatic rings. The number of piperidine rings is 1. The van der Waals surface area contributed by atoms with E-state index in [9.17, 15) is 9.59 Å². The minimum atomic E-state index is -0.110. The van der Waals surface area contributed by atoms with Gasteiger partial charge in [0.05, 0.1) is 18.5 Å². The fraction of sp³-hybridized carbons (Fsp3) is 0.241. The lowest BCUT2D eigenvalue weighted by molar-refractivity contribution is -0.119. The number of nitrogens with zero attached hydrogens (tertiary/aromatic N) is 5. The summed E-state index contributed by atoms with van der Waals surface area (Å²) in [6, 6.07) is 19.1. The molecule has 37 heavy (non-hydrogen) atoms. The number of amides is 2. The predicted molar refractivity (Wildman–Crippen MR) is 141 cm³/mol. The summed E-state index contributed by atoms with van der Waals surface area (Å²) in [4.78, 5) is 34.2. The molecule has 2 aromatic heterocycles. The van der Waals surface area contributed by atoms with Crippen molar-refractivity contribution in [2.24, 2.45) is 0 Å². The highest BCUT2D eigenvalue weighted by molar-refractivity contribution is 6.08. The Balaban J connectivity index is 1.38. The lowest BCUT2D eigenvalue weighted by Crippen LogP contribution is -2.39. The Morgan fingerprint density at radius 3 is 2.22 bits per heavy atom. The van der Waals surface area contributed by atoms with E-state index in [1.165, 1.54) is 0 Å². The zero-order chi connectivity index (χ0) is 25.4. The van der Waals surface area contributed by atoms with Gasteiger partial charge in [-0.1, -0.05) is 0 Å². The molecule has 0 radical (unpaired) electrons. The zero-order valence-electron chi connectivity index (χ0n) is 20.6. The van der Waals surface area contributed by atoms with E-state index in [0.717, 1.165) is 59.0 Å². The van der Waals surface area contributed by atoms with Crippen LogP contribution in [0.2, 0.25) is 0 Å². The van der Waals surface area contributed by atoms with Gasteiger partial charge in [-0.15, -0.1) is 0 Å². The van der Waals surface area contributed by atoms with E-state index in [0.29, 0.717) is 25.1 Å². The molecule has 1 saturated heterocycles. The summed E-state index contributed by atoms with van der Waals surface area (Å²) in [5.41, 5.74) is 5.57. The Hall–Kier alpha value is -4.46. The number of fused-ring (bicyclic) bond motifs is 1. The molecule has 0 atom stereocenters. The van der Waals surface area contributed by atoms with Crippen LogP contribution in [0, 0.1) is 0 Å². The Morgan fingerprint density at radius 1 is 0.811 bits per heavy atom. The number of hydrogen-bond acceptors (Lipinski definition) is 5. The van der Waals surface area contributed by atoms with Gasteiger partial charge >= 0.3 is 0 Å². The lowest BCUT2D eigenvalue weighted by atomic mass is 9.99. The maximum absolute atomic E-state index is 14.0. The number of anilines is 2. The minimum Gasteiger partial charge on any atom is -0.497 e. The van der Waals surface area contributed by atoms with Crippen LogP contribution < -0.4 is 14.5 Å². The number of pyridine rings is 1. The average molecular weight is 494 g/mol. The molecule has 2 aliphatic heterocycles. The number of benzene rings is 2. The van der Waals surface area contributed by atoms with E-state index in [4.69, 9.17) is 9.84 Å². The van der Waals surface area contributed by atoms with Gasteiger partial charge in [0.25, 0.3) is 5.91 Å². The van der Waals surface area contributed by atoms with Crippen molar-refractivity contribution in [3.63, 3.8) is 0 Å². The van der Waals surface area contributed by atoms with Crippen LogP contribution in [0.5, 0.6) is 5.75 Å². The van der Waals surface area contributed by atoms with Crippen molar-refractivity contribution in [2.45, 2.75) is 25.7 Å². The van der Waals surface area contributed by atoms with Gasteiger partial charge in [0.1, 0.15) is 11.4 Å². The van der Waals surface area contributed by atoms with Crippen LogP contribution in [0.1, 0.15) is 35.3 Å². The Morgan fingerprint density at radius 2 is 1.54 bits per heavy atom. The maximum Gasteiger partial charge on any atom is 0.277 e. The fourth-order valence-electron chi connectivity index (χ4n) is 5.14. The summed E-state index contributed by atoms with van der Waals surface area (Å²) in [5, 5.41) is 4.89. The fourth-order valence-corrected chi connectivity index (χ4v) is 5.14. The van der Waals surface area contributed by atoms with E-state index in [-0.39, 0.29) is 11.8 Å². The SMILES string of the molecule is COc1ccc(-n2nc(-c3cccnc3)c3c2C(=O)N(c2ccc(N4CCCCC4=O)cc2)CC3)cc1. The van der Waals surface area contributed by atoms with E-state index in [1.54, 1.807) is 29.1 Å². The molecule has 2 amide bonds. The van der Waals surface area contributed by atoms with Crippen molar-refractivity contribution >= 4 is 23.2 Å². The molecule has 186 valence electrons. The van der Waals surface area contributed by atoms with E-state index < -0.39 is 0 Å². The highest BCUT2D eigenvalue weighted by Gasteiger charge is 2.33. The smallest absolute Gasteiger partial charge is 0.277 e. The first-order chi connectivity index (χ1) is 18.1. The van der Waals surface area contributed by atoms with Gasteiger partial charge < -0.3 is 14.5 Å². The normalized spacial score (nSPS) is 15.6. The minimum absolute atomic E-state index is 0.110. The number of hydrogen-bond donors (Lipinski definition) is 0. The van der Waals surface area contributed by atoms with Crippen LogP contribution in [-0.2, 0) is 11.2 Å². The van der Waals surface area contributed by atoms with E-state index >= 15 is 0 Å². The van der Waals surface area contributed by atoms with Gasteiger partial charge in [-0.2, -0.15) is 5.10 Å². The lowest BCUT2D eigenvalue weighted by Gasteiger charge is -2.30. The first-order valence-electron chi connectivity index (χ1n) is 12.5. The molecule has 1 fully saturated rings. The topological polar surface area (TPSA) is 80.6 Å². The molecular formula is C29H27N5O3. The Bertz CT molecular complexity index is 1450. The van der Waals surface area contributed by atoms with Crippen LogP contribution in [-0.4, -0.2) is 46.8 Å². The van der Waals surface area contributed by atoms with Crippen LogP contribution >= 0.6 is 0 Å². The molecule has 4 heterocycles. The standard InChI is InChI=1S/C29H27N5O3/c1-37-24-13-11-23(12-14-24)34-28-25(27(31-34)20-5-4-16-30-19-20)15-18-33(29(28)36)22-9-7-21(8-10-22)32-17-3-2-6-26(32)35/h4-5,7-14,16,19H,2-3,6,15,17-18H2,1H3. The highest BCUT2D eigenvalue weighted by atomic mass is 16.5. The summed E-state index contributed by atoms with van der Waals surface area (Å²) in [6.07, 6.45) is 6.71. The average Bonchev–Trinajstić information content (AvgIpc) is 3.35. The Labute approximate surface area is 215 Å². The highest BCUT2D eigenvalue weighted by Crippen LogP contribution is 2.34. The number of carbonyl (C=O) groups excluding carboxylic acids is 2. The van der Waals surface area contributed by atoms with Gasteiger partial charge in [-0.25, -0.2) is 4.68 Å². The summed E-state index contributed by atoms with van der Waals surface area (Å²) >= 11 is 0. The number of methoxy groups -OCH3 is 1. The second kappa shape index (κ2) is 9.54. The second-order valence-corrected chi connectivity index (χ2v) is 9.25. The summed E-state index contributed by atoms with van der Waals surface area (Å²) in [5.74, 6) is 0.781. The van der Waals surface area contributed by atoms with Crippen molar-refractivity contribution in [1.29, 1.82) is 0 Å². The van der Waals surface area contributed by atoms with Crippen molar-refractivity contribution in [3.8, 4) is 22.7 Å². The van der Waals surface area contributed by atoms with Gasteiger partial charge in [0, 0.05) is 54.4 Å². The third-order valence-electron chi connectivity index (χ3n) is 7.07. The first kappa shape index (κ1) is 23.0. The van der Waals surface area contributed by atoms with Gasteiger partial charge in [-0.3, -0.25) is 14.6 Å². The summed E-state index contributed by atoms with van der Waals surface area (Å²) in [6.45, 7) is 1.28. The summed E-state index contributed by atoms with van der Waals surface area (Å²) in [7, 11) is 1.62. The molecule has 2 aliphatic rings. The third-order valence-corrected chi connectivity index (χ3v) is 7.07. The van der Waals surface area contributed by atoms with Crippen LogP contribution in [0.15, 0.2) is 73.1 Å². The molecule has 8 nitrogen and oxygen atoms in total. The monoisotopic (exact) mass is 493 g/mol. The molecule has 8 heteroatoms. The van der Waals surface area contributed by atoms with Crippen LogP contribution in [0.25, 0.3) is 16.9 Å². The molecule has 0 bridgehead atoms.